The van der Waals surface area contributed by atoms with Crippen molar-refractivity contribution in [1.82, 2.24) is 15.1 Å². The summed E-state index contributed by atoms with van der Waals surface area (Å²) in [4.78, 5) is 26.1. The van der Waals surface area contributed by atoms with E-state index in [0.717, 1.165) is 35.8 Å². The number of anilines is 1. The number of aromatic nitrogens is 2. The molecule has 0 bridgehead atoms. The van der Waals surface area contributed by atoms with Gasteiger partial charge in [0.15, 0.2) is 0 Å². The van der Waals surface area contributed by atoms with Crippen LogP contribution in [0.25, 0.3) is 10.8 Å². The third-order valence-electron chi connectivity index (χ3n) is 4.24. The van der Waals surface area contributed by atoms with E-state index < -0.39 is 0 Å². The van der Waals surface area contributed by atoms with Crippen LogP contribution in [-0.2, 0) is 9.59 Å². The molecule has 1 aliphatic heterocycles. The maximum atomic E-state index is 12.3. The molecule has 1 N–H and O–H groups in total. The molecule has 1 atom stereocenters. The number of carbonyl (C=O) groups is 2. The fraction of sp³-hybridized carbons (Fsp3) is 0.412. The van der Waals surface area contributed by atoms with Gasteiger partial charge in [-0.05, 0) is 25.8 Å². The van der Waals surface area contributed by atoms with Crippen molar-refractivity contribution < 1.29 is 9.59 Å². The third kappa shape index (κ3) is 3.47. The Morgan fingerprint density at radius 2 is 2.13 bits per heavy atom. The zero-order chi connectivity index (χ0) is 16.2. The maximum absolute atomic E-state index is 12.3. The lowest BCUT2D eigenvalue weighted by atomic mass is 10.1. The minimum Gasteiger partial charge on any atom is -0.339 e. The van der Waals surface area contributed by atoms with Crippen LogP contribution in [0.15, 0.2) is 30.6 Å². The smallest absolute Gasteiger partial charge is 0.226 e. The van der Waals surface area contributed by atoms with E-state index in [1.807, 2.05) is 30.0 Å². The second-order valence-corrected chi connectivity index (χ2v) is 5.94. The Morgan fingerprint density at radius 3 is 2.96 bits per heavy atom. The first-order chi connectivity index (χ1) is 11.1. The van der Waals surface area contributed by atoms with Crippen molar-refractivity contribution in [2.45, 2.75) is 38.6 Å². The molecular weight excluding hydrogens is 292 g/mol. The van der Waals surface area contributed by atoms with Gasteiger partial charge in [0.25, 0.3) is 0 Å². The lowest BCUT2D eigenvalue weighted by Crippen LogP contribution is -2.43. The third-order valence-corrected chi connectivity index (χ3v) is 4.24. The number of hydrogen-bond acceptors (Lipinski definition) is 4. The van der Waals surface area contributed by atoms with Crippen LogP contribution in [-0.4, -0.2) is 39.5 Å². The molecule has 2 aromatic rings. The van der Waals surface area contributed by atoms with Crippen LogP contribution >= 0.6 is 0 Å². The zero-order valence-electron chi connectivity index (χ0n) is 13.2. The molecule has 6 heteroatoms. The summed E-state index contributed by atoms with van der Waals surface area (Å²) >= 11 is 0. The summed E-state index contributed by atoms with van der Waals surface area (Å²) in [5, 5.41) is 12.4. The van der Waals surface area contributed by atoms with Gasteiger partial charge in [0.05, 0.1) is 18.1 Å². The average Bonchev–Trinajstić information content (AvgIpc) is 2.55. The molecule has 2 heterocycles. The Morgan fingerprint density at radius 1 is 1.30 bits per heavy atom. The lowest BCUT2D eigenvalue weighted by molar-refractivity contribution is -0.136. The second-order valence-electron chi connectivity index (χ2n) is 5.94. The Bertz CT molecular complexity index is 726. The summed E-state index contributed by atoms with van der Waals surface area (Å²) in [6.45, 7) is 2.68. The van der Waals surface area contributed by atoms with Gasteiger partial charge in [-0.3, -0.25) is 9.59 Å². The van der Waals surface area contributed by atoms with Crippen LogP contribution in [0.5, 0.6) is 0 Å². The highest BCUT2D eigenvalue weighted by Gasteiger charge is 2.24. The molecule has 6 nitrogen and oxygen atoms in total. The summed E-state index contributed by atoms with van der Waals surface area (Å²) in [5.74, 6) is 0.0529. The zero-order valence-corrected chi connectivity index (χ0v) is 13.2. The second kappa shape index (κ2) is 6.73. The van der Waals surface area contributed by atoms with Crippen molar-refractivity contribution in [1.29, 1.82) is 0 Å². The average molecular weight is 312 g/mol. The van der Waals surface area contributed by atoms with Crippen LogP contribution in [0.2, 0.25) is 0 Å². The van der Waals surface area contributed by atoms with Gasteiger partial charge in [0.2, 0.25) is 11.8 Å². The van der Waals surface area contributed by atoms with Gasteiger partial charge < -0.3 is 10.2 Å². The molecule has 1 fully saturated rings. The Labute approximate surface area is 134 Å². The van der Waals surface area contributed by atoms with Crippen LogP contribution < -0.4 is 5.32 Å². The Balaban J connectivity index is 1.68. The predicted molar refractivity (Wildman–Crippen MR) is 87.8 cm³/mol. The molecule has 120 valence electrons. The van der Waals surface area contributed by atoms with Crippen molar-refractivity contribution in [3.63, 3.8) is 0 Å². The largest absolute Gasteiger partial charge is 0.339 e. The molecule has 0 aliphatic carbocycles. The van der Waals surface area contributed by atoms with Crippen LogP contribution in [0, 0.1) is 0 Å². The molecule has 3 rings (SSSR count). The quantitative estimate of drug-likeness (QED) is 0.940. The topological polar surface area (TPSA) is 75.2 Å². The van der Waals surface area contributed by atoms with Crippen molar-refractivity contribution in [3.05, 3.63) is 30.6 Å². The van der Waals surface area contributed by atoms with Crippen LogP contribution in [0.3, 0.4) is 0 Å². The van der Waals surface area contributed by atoms with Crippen molar-refractivity contribution in [3.8, 4) is 0 Å². The Hall–Kier alpha value is -2.50. The lowest BCUT2D eigenvalue weighted by Gasteiger charge is -2.32. The molecule has 0 radical (unpaired) electrons. The highest BCUT2D eigenvalue weighted by molar-refractivity contribution is 6.01. The SMILES string of the molecule is CC(CC(=O)Nc1cccc2cnncc12)N1CCCCC1=O. The minimum absolute atomic E-state index is 0.0856. The number of piperidine rings is 1. The van der Waals surface area contributed by atoms with Crippen LogP contribution in [0.4, 0.5) is 5.69 Å². The molecule has 0 saturated carbocycles. The molecule has 23 heavy (non-hydrogen) atoms. The maximum Gasteiger partial charge on any atom is 0.226 e. The highest BCUT2D eigenvalue weighted by atomic mass is 16.2. The number of likely N-dealkylation sites (tertiary alicyclic amines) is 1. The van der Waals surface area contributed by atoms with Gasteiger partial charge >= 0.3 is 0 Å². The molecule has 0 spiro atoms. The van der Waals surface area contributed by atoms with E-state index in [1.165, 1.54) is 0 Å². The van der Waals surface area contributed by atoms with E-state index in [4.69, 9.17) is 0 Å². The fourth-order valence-corrected chi connectivity index (χ4v) is 3.01. The molecule has 2 amide bonds. The minimum atomic E-state index is -0.0971. The highest BCUT2D eigenvalue weighted by Crippen LogP contribution is 2.22. The first-order valence-electron chi connectivity index (χ1n) is 7.94. The predicted octanol–water partition coefficient (Wildman–Crippen LogP) is 2.36. The van der Waals surface area contributed by atoms with E-state index in [1.54, 1.807) is 12.4 Å². The van der Waals surface area contributed by atoms with E-state index in [0.29, 0.717) is 12.8 Å². The van der Waals surface area contributed by atoms with Gasteiger partial charge in [0, 0.05) is 36.2 Å². The van der Waals surface area contributed by atoms with Crippen LogP contribution in [0.1, 0.15) is 32.6 Å². The first-order valence-corrected chi connectivity index (χ1v) is 7.94. The number of hydrogen-bond donors (Lipinski definition) is 1. The van der Waals surface area contributed by atoms with Gasteiger partial charge in [-0.2, -0.15) is 10.2 Å². The van der Waals surface area contributed by atoms with Gasteiger partial charge in [-0.25, -0.2) is 0 Å². The van der Waals surface area contributed by atoms with E-state index >= 15 is 0 Å². The van der Waals surface area contributed by atoms with Crippen molar-refractivity contribution >= 4 is 28.3 Å². The Kier molecular flexibility index (Phi) is 4.50. The summed E-state index contributed by atoms with van der Waals surface area (Å²) < 4.78 is 0. The monoisotopic (exact) mass is 312 g/mol. The van der Waals surface area contributed by atoms with Gasteiger partial charge in [-0.15, -0.1) is 0 Å². The summed E-state index contributed by atoms with van der Waals surface area (Å²) in [5.41, 5.74) is 0.722. The summed E-state index contributed by atoms with van der Waals surface area (Å²) in [6.07, 6.45) is 6.15. The van der Waals surface area contributed by atoms with Crippen molar-refractivity contribution in [2.75, 3.05) is 11.9 Å². The number of carbonyl (C=O) groups excluding carboxylic acids is 2. The van der Waals surface area contributed by atoms with E-state index in [2.05, 4.69) is 15.5 Å². The fourth-order valence-electron chi connectivity index (χ4n) is 3.01. The number of rotatable bonds is 4. The number of nitrogens with one attached hydrogen (secondary N) is 1. The molecule has 1 aromatic carbocycles. The number of amides is 2. The molecular formula is C17H20N4O2. The summed E-state index contributed by atoms with van der Waals surface area (Å²) in [7, 11) is 0. The first kappa shape index (κ1) is 15.4. The number of benzene rings is 1. The van der Waals surface area contributed by atoms with E-state index in [9.17, 15) is 9.59 Å². The number of nitrogens with zero attached hydrogens (tertiary/aromatic N) is 3. The number of fused-ring (bicyclic) bond motifs is 1. The molecule has 1 aromatic heterocycles. The molecule has 1 unspecified atom stereocenters. The summed E-state index contributed by atoms with van der Waals surface area (Å²) in [6, 6.07) is 5.56. The van der Waals surface area contributed by atoms with E-state index in [-0.39, 0.29) is 17.9 Å². The normalized spacial score (nSPS) is 16.4. The van der Waals surface area contributed by atoms with Gasteiger partial charge in [-0.1, -0.05) is 12.1 Å². The molecule has 1 saturated heterocycles. The van der Waals surface area contributed by atoms with Crippen molar-refractivity contribution in [2.24, 2.45) is 0 Å². The molecule has 1 aliphatic rings. The standard InChI is InChI=1S/C17H20N4O2/c1-12(21-8-3-2-7-17(21)23)9-16(22)20-15-6-4-5-13-10-18-19-11-14(13)15/h4-6,10-12H,2-3,7-9H2,1H3,(H,20,22). The van der Waals surface area contributed by atoms with Gasteiger partial charge in [0.1, 0.15) is 0 Å².